The van der Waals surface area contributed by atoms with Gasteiger partial charge in [-0.1, -0.05) is 48.5 Å². The molecule has 4 aromatic rings. The maximum atomic E-state index is 12.7. The Morgan fingerprint density at radius 3 is 2.29 bits per heavy atom. The number of benzene rings is 2. The standard InChI is InChI=1S/C25H22N4O5S/c1-15-16(2)35-23(20(15)24(31)33-3)26-19(30)14-34-25(32)21-27-22(17-10-6-4-7-11-17)29(28-21)18-12-8-5-9-13-18/h4-13H,14H2,1-3H3,(H,26,30). The summed E-state index contributed by atoms with van der Waals surface area (Å²) in [6, 6.07) is 18.6. The molecule has 0 fully saturated rings. The van der Waals surface area contributed by atoms with Gasteiger partial charge in [-0.2, -0.15) is 0 Å². The zero-order chi connectivity index (χ0) is 24.9. The van der Waals surface area contributed by atoms with E-state index in [0.29, 0.717) is 10.8 Å². The third-order valence-corrected chi connectivity index (χ3v) is 6.31. The SMILES string of the molecule is COC(=O)c1c(NC(=O)COC(=O)c2nc(-c3ccccc3)n(-c3ccccc3)n2)sc(C)c1C. The summed E-state index contributed by atoms with van der Waals surface area (Å²) in [7, 11) is 1.27. The van der Waals surface area contributed by atoms with Gasteiger partial charge in [0.15, 0.2) is 12.4 Å². The van der Waals surface area contributed by atoms with Crippen molar-refractivity contribution in [2.24, 2.45) is 0 Å². The molecule has 4 rings (SSSR count). The van der Waals surface area contributed by atoms with Crippen LogP contribution in [0.15, 0.2) is 60.7 Å². The van der Waals surface area contributed by atoms with Gasteiger partial charge < -0.3 is 14.8 Å². The van der Waals surface area contributed by atoms with Crippen molar-refractivity contribution in [3.05, 3.63) is 82.5 Å². The number of ether oxygens (including phenoxy) is 2. The van der Waals surface area contributed by atoms with Crippen LogP contribution in [0.3, 0.4) is 0 Å². The second-order valence-corrected chi connectivity index (χ2v) is 8.70. The summed E-state index contributed by atoms with van der Waals surface area (Å²) in [4.78, 5) is 42.5. The molecule has 0 atom stereocenters. The Hall–Kier alpha value is -4.31. The molecule has 0 bridgehead atoms. The highest BCUT2D eigenvalue weighted by Crippen LogP contribution is 2.33. The fraction of sp³-hybridized carbons (Fsp3) is 0.160. The molecule has 178 valence electrons. The average molecular weight is 491 g/mol. The summed E-state index contributed by atoms with van der Waals surface area (Å²) in [5.74, 6) is -1.73. The quantitative estimate of drug-likeness (QED) is 0.387. The van der Waals surface area contributed by atoms with Gasteiger partial charge in [-0.05, 0) is 31.5 Å². The van der Waals surface area contributed by atoms with E-state index in [-0.39, 0.29) is 11.4 Å². The number of hydrogen-bond donors (Lipinski definition) is 1. The number of carbonyl (C=O) groups is 3. The monoisotopic (exact) mass is 490 g/mol. The first-order valence-electron chi connectivity index (χ1n) is 10.6. The molecule has 9 nitrogen and oxygen atoms in total. The second-order valence-electron chi connectivity index (χ2n) is 7.48. The molecule has 0 unspecified atom stereocenters. The number of nitrogens with zero attached hydrogens (tertiary/aromatic N) is 3. The molecule has 0 aliphatic heterocycles. The maximum absolute atomic E-state index is 12.7. The van der Waals surface area contributed by atoms with Gasteiger partial charge in [-0.25, -0.2) is 19.3 Å². The van der Waals surface area contributed by atoms with Gasteiger partial charge in [0.2, 0.25) is 0 Å². The normalized spacial score (nSPS) is 10.6. The second kappa shape index (κ2) is 10.3. The van der Waals surface area contributed by atoms with Crippen LogP contribution in [-0.4, -0.2) is 46.3 Å². The smallest absolute Gasteiger partial charge is 0.378 e. The molecular formula is C25H22N4O5S. The van der Waals surface area contributed by atoms with Gasteiger partial charge in [0.05, 0.1) is 18.4 Å². The predicted octanol–water partition coefficient (Wildman–Crippen LogP) is 4.19. The fourth-order valence-corrected chi connectivity index (χ4v) is 4.41. The van der Waals surface area contributed by atoms with Crippen molar-refractivity contribution in [1.82, 2.24) is 14.8 Å². The molecule has 0 spiro atoms. The van der Waals surface area contributed by atoms with E-state index < -0.39 is 24.5 Å². The zero-order valence-corrected chi connectivity index (χ0v) is 20.1. The van der Waals surface area contributed by atoms with Crippen LogP contribution in [0.1, 0.15) is 31.4 Å². The minimum Gasteiger partial charge on any atom is -0.465 e. The number of aryl methyl sites for hydroxylation is 1. The number of esters is 2. The van der Waals surface area contributed by atoms with Crippen molar-refractivity contribution in [3.8, 4) is 17.1 Å². The van der Waals surface area contributed by atoms with Gasteiger partial charge in [-0.15, -0.1) is 16.4 Å². The van der Waals surface area contributed by atoms with Crippen molar-refractivity contribution >= 4 is 34.2 Å². The molecule has 0 saturated heterocycles. The number of thiophene rings is 1. The summed E-state index contributed by atoms with van der Waals surface area (Å²) in [5.41, 5.74) is 2.48. The van der Waals surface area contributed by atoms with Crippen LogP contribution in [-0.2, 0) is 14.3 Å². The number of carbonyl (C=O) groups excluding carboxylic acids is 3. The minimum absolute atomic E-state index is 0.182. The van der Waals surface area contributed by atoms with Crippen LogP contribution in [0.25, 0.3) is 17.1 Å². The largest absolute Gasteiger partial charge is 0.465 e. The van der Waals surface area contributed by atoms with E-state index >= 15 is 0 Å². The van der Waals surface area contributed by atoms with E-state index in [0.717, 1.165) is 21.7 Å². The molecule has 0 saturated carbocycles. The van der Waals surface area contributed by atoms with Crippen molar-refractivity contribution in [3.63, 3.8) is 0 Å². The first kappa shape index (κ1) is 23.8. The molecule has 0 aliphatic carbocycles. The summed E-state index contributed by atoms with van der Waals surface area (Å²) in [6.45, 7) is 3.03. The first-order valence-corrected chi connectivity index (χ1v) is 11.4. The van der Waals surface area contributed by atoms with E-state index in [1.165, 1.54) is 18.4 Å². The summed E-state index contributed by atoms with van der Waals surface area (Å²) in [6.07, 6.45) is 0. The molecule has 2 heterocycles. The van der Waals surface area contributed by atoms with Crippen molar-refractivity contribution in [2.75, 3.05) is 19.0 Å². The Balaban J connectivity index is 1.51. The summed E-state index contributed by atoms with van der Waals surface area (Å²) < 4.78 is 11.5. The van der Waals surface area contributed by atoms with E-state index in [9.17, 15) is 14.4 Å². The third kappa shape index (κ3) is 5.12. The van der Waals surface area contributed by atoms with Gasteiger partial charge in [-0.3, -0.25) is 4.79 Å². The number of methoxy groups -OCH3 is 1. The number of amides is 1. The molecule has 2 aromatic heterocycles. The fourth-order valence-electron chi connectivity index (χ4n) is 3.34. The van der Waals surface area contributed by atoms with Gasteiger partial charge in [0.1, 0.15) is 5.00 Å². The number of nitrogens with one attached hydrogen (secondary N) is 1. The third-order valence-electron chi connectivity index (χ3n) is 5.18. The van der Waals surface area contributed by atoms with Crippen LogP contribution in [0.2, 0.25) is 0 Å². The van der Waals surface area contributed by atoms with Crippen LogP contribution in [0.4, 0.5) is 5.00 Å². The molecule has 2 aromatic carbocycles. The average Bonchev–Trinajstić information content (AvgIpc) is 3.44. The Labute approximate surface area is 205 Å². The van der Waals surface area contributed by atoms with Crippen LogP contribution < -0.4 is 5.32 Å². The number of aromatic nitrogens is 3. The maximum Gasteiger partial charge on any atom is 0.378 e. The van der Waals surface area contributed by atoms with Crippen molar-refractivity contribution in [2.45, 2.75) is 13.8 Å². The Morgan fingerprint density at radius 1 is 0.971 bits per heavy atom. The summed E-state index contributed by atoms with van der Waals surface area (Å²) >= 11 is 1.24. The lowest BCUT2D eigenvalue weighted by Gasteiger charge is -2.06. The first-order chi connectivity index (χ1) is 16.9. The number of anilines is 1. The molecular weight excluding hydrogens is 468 g/mol. The highest BCUT2D eigenvalue weighted by Gasteiger charge is 2.23. The summed E-state index contributed by atoms with van der Waals surface area (Å²) in [5, 5.41) is 7.28. The van der Waals surface area contributed by atoms with Gasteiger partial charge in [0.25, 0.3) is 11.7 Å². The van der Waals surface area contributed by atoms with Crippen molar-refractivity contribution in [1.29, 1.82) is 0 Å². The highest BCUT2D eigenvalue weighted by molar-refractivity contribution is 7.16. The number of para-hydroxylation sites is 1. The van der Waals surface area contributed by atoms with Crippen LogP contribution >= 0.6 is 11.3 Å². The van der Waals surface area contributed by atoms with E-state index in [2.05, 4.69) is 15.4 Å². The molecule has 1 N–H and O–H groups in total. The molecule has 1 amide bonds. The number of hydrogen-bond acceptors (Lipinski definition) is 8. The van der Waals surface area contributed by atoms with Crippen LogP contribution in [0.5, 0.6) is 0 Å². The van der Waals surface area contributed by atoms with Crippen LogP contribution in [0, 0.1) is 13.8 Å². The minimum atomic E-state index is -0.848. The van der Waals surface area contributed by atoms with Gasteiger partial charge in [0, 0.05) is 10.4 Å². The van der Waals surface area contributed by atoms with Gasteiger partial charge >= 0.3 is 11.9 Å². The lowest BCUT2D eigenvalue weighted by molar-refractivity contribution is -0.119. The Kier molecular flexibility index (Phi) is 7.02. The molecule has 35 heavy (non-hydrogen) atoms. The molecule has 0 radical (unpaired) electrons. The Morgan fingerprint density at radius 2 is 1.63 bits per heavy atom. The topological polar surface area (TPSA) is 112 Å². The lowest BCUT2D eigenvalue weighted by atomic mass is 10.1. The Bertz CT molecular complexity index is 1320. The number of rotatable bonds is 7. The van der Waals surface area contributed by atoms with E-state index in [1.54, 1.807) is 11.6 Å². The highest BCUT2D eigenvalue weighted by atomic mass is 32.1. The zero-order valence-electron chi connectivity index (χ0n) is 19.3. The lowest BCUT2D eigenvalue weighted by Crippen LogP contribution is -2.22. The molecule has 10 heteroatoms. The van der Waals surface area contributed by atoms with E-state index in [4.69, 9.17) is 9.47 Å². The predicted molar refractivity (Wildman–Crippen MR) is 131 cm³/mol. The molecule has 0 aliphatic rings. The van der Waals surface area contributed by atoms with E-state index in [1.807, 2.05) is 67.6 Å². The van der Waals surface area contributed by atoms with Crippen molar-refractivity contribution < 1.29 is 23.9 Å².